The van der Waals surface area contributed by atoms with Crippen LogP contribution in [0, 0.1) is 0 Å². The van der Waals surface area contributed by atoms with Crippen molar-refractivity contribution in [3.63, 3.8) is 0 Å². The van der Waals surface area contributed by atoms with Gasteiger partial charge in [0.2, 0.25) is 0 Å². The van der Waals surface area contributed by atoms with Crippen LogP contribution in [-0.4, -0.2) is 43.5 Å². The molecular formula is C11H22N2O2. The lowest BCUT2D eigenvalue weighted by atomic mass is 10.4. The van der Waals surface area contributed by atoms with Gasteiger partial charge in [-0.25, -0.2) is 0 Å². The molecule has 4 heteroatoms. The normalized spacial score (nSPS) is 17.7. The molecule has 1 aliphatic rings. The molecule has 0 aromatic carbocycles. The summed E-state index contributed by atoms with van der Waals surface area (Å²) in [5, 5.41) is 6.76. The number of ether oxygens (including phenoxy) is 1. The molecule has 0 N–H and O–H groups in total. The van der Waals surface area contributed by atoms with Gasteiger partial charge in [0.25, 0.3) is 0 Å². The lowest BCUT2D eigenvalue weighted by Gasteiger charge is -2.33. The molecule has 1 rings (SSSR count). The summed E-state index contributed by atoms with van der Waals surface area (Å²) in [5.74, 6) is 0. The molecule has 15 heavy (non-hydrogen) atoms. The predicted molar refractivity (Wildman–Crippen MR) is 59.9 cm³/mol. The Labute approximate surface area is 92.3 Å². The van der Waals surface area contributed by atoms with Gasteiger partial charge in [0, 0.05) is 19.4 Å². The molecule has 0 bridgehead atoms. The van der Waals surface area contributed by atoms with Gasteiger partial charge in [0.15, 0.2) is 6.73 Å². The Hall–Kier alpha value is -0.700. The van der Waals surface area contributed by atoms with Gasteiger partial charge in [-0.3, -0.25) is 4.79 Å². The number of hydrogen-bond acceptors (Lipinski definition) is 2. The van der Waals surface area contributed by atoms with Crippen LogP contribution in [0.1, 0.15) is 33.1 Å². The van der Waals surface area contributed by atoms with Crippen LogP contribution in [0.4, 0.5) is 0 Å². The van der Waals surface area contributed by atoms with E-state index in [0.29, 0.717) is 6.08 Å². The van der Waals surface area contributed by atoms with Gasteiger partial charge in [0.1, 0.15) is 0 Å². The second kappa shape index (κ2) is 8.60. The molecule has 0 aromatic heterocycles. The van der Waals surface area contributed by atoms with Gasteiger partial charge in [-0.2, -0.15) is 0 Å². The van der Waals surface area contributed by atoms with Gasteiger partial charge in [0.05, 0.1) is 19.6 Å². The molecule has 1 heterocycles. The van der Waals surface area contributed by atoms with E-state index in [2.05, 4.69) is 13.8 Å². The maximum atomic E-state index is 8.24. The Morgan fingerprint density at radius 3 is 2.27 bits per heavy atom. The van der Waals surface area contributed by atoms with E-state index >= 15 is 0 Å². The fourth-order valence-electron chi connectivity index (χ4n) is 2.18. The topological polar surface area (TPSA) is 48.6 Å². The maximum absolute atomic E-state index is 8.24. The predicted octanol–water partition coefficient (Wildman–Crippen LogP) is 1.89. The van der Waals surface area contributed by atoms with E-state index in [0.717, 1.165) is 13.3 Å². The van der Waals surface area contributed by atoms with Crippen LogP contribution in [0.15, 0.2) is 0 Å². The van der Waals surface area contributed by atoms with E-state index in [1.807, 2.05) is 0 Å². The summed E-state index contributed by atoms with van der Waals surface area (Å²) in [4.78, 5) is 8.24. The van der Waals surface area contributed by atoms with E-state index in [9.17, 15) is 0 Å². The minimum Gasteiger partial charge on any atom is -0.724 e. The largest absolute Gasteiger partial charge is 0.724 e. The third-order valence-electron chi connectivity index (χ3n) is 2.78. The molecule has 0 radical (unpaired) electrons. The van der Waals surface area contributed by atoms with Crippen molar-refractivity contribution in [3.05, 3.63) is 5.41 Å². The van der Waals surface area contributed by atoms with Gasteiger partial charge in [-0.1, -0.05) is 6.92 Å². The number of isocyanates is 1. The lowest BCUT2D eigenvalue weighted by molar-refractivity contribution is -0.935. The smallest absolute Gasteiger partial charge is 0.183 e. The molecular weight excluding hydrogens is 192 g/mol. The summed E-state index contributed by atoms with van der Waals surface area (Å²) in [5.41, 5.74) is 0. The molecule has 1 saturated heterocycles. The number of quaternary nitrogens is 1. The number of rotatable bonds is 5. The number of nitrogens with zero attached hydrogens (tertiary/aromatic N) is 2. The molecule has 0 aliphatic carbocycles. The molecule has 0 unspecified atom stereocenters. The maximum Gasteiger partial charge on any atom is 0.183 e. The fraction of sp³-hybridized carbons (Fsp3) is 0.909. The quantitative estimate of drug-likeness (QED) is 0.398. The van der Waals surface area contributed by atoms with E-state index in [1.165, 1.54) is 43.4 Å². The minimum atomic E-state index is 0.500. The monoisotopic (exact) mass is 214 g/mol. The third-order valence-corrected chi connectivity index (χ3v) is 2.78. The minimum absolute atomic E-state index is 0.500. The zero-order valence-electron chi connectivity index (χ0n) is 9.87. The first-order valence-corrected chi connectivity index (χ1v) is 5.68. The third kappa shape index (κ3) is 5.67. The van der Waals surface area contributed by atoms with Crippen LogP contribution in [0.25, 0.3) is 5.41 Å². The van der Waals surface area contributed by atoms with E-state index in [1.54, 1.807) is 0 Å². The SMILES string of the molecule is CCC[N+]1(COCC)CCCC1.[N-]=C=O. The Morgan fingerprint density at radius 2 is 1.87 bits per heavy atom. The number of likely N-dealkylation sites (tertiary alicyclic amines) is 1. The average molecular weight is 214 g/mol. The van der Waals surface area contributed by atoms with Gasteiger partial charge < -0.3 is 14.6 Å². The van der Waals surface area contributed by atoms with Crippen molar-refractivity contribution in [2.75, 3.05) is 33.0 Å². The molecule has 0 amide bonds. The second-order valence-corrected chi connectivity index (χ2v) is 3.93. The van der Waals surface area contributed by atoms with E-state index < -0.39 is 0 Å². The Morgan fingerprint density at radius 1 is 1.33 bits per heavy atom. The summed E-state index contributed by atoms with van der Waals surface area (Å²) in [6.07, 6.45) is 4.58. The van der Waals surface area contributed by atoms with Gasteiger partial charge in [-0.15, -0.1) is 0 Å². The van der Waals surface area contributed by atoms with Crippen LogP contribution < -0.4 is 0 Å². The standard InChI is InChI=1S/C10H22NO.CNO/c1-3-7-11(10-12-4-2)8-5-6-9-11;2-1-3/h3-10H2,1-2H3;/q+1;-1. The highest BCUT2D eigenvalue weighted by atomic mass is 16.5. The molecule has 0 atom stereocenters. The number of hydrogen-bond donors (Lipinski definition) is 0. The molecule has 0 aromatic rings. The van der Waals surface area contributed by atoms with Crippen molar-refractivity contribution >= 4 is 6.08 Å². The Kier molecular flexibility index (Phi) is 8.19. The van der Waals surface area contributed by atoms with Crippen LogP contribution in [-0.2, 0) is 9.53 Å². The second-order valence-electron chi connectivity index (χ2n) is 3.93. The highest BCUT2D eigenvalue weighted by molar-refractivity contribution is 5.36. The number of carbonyl (C=O) groups excluding carboxylic acids is 1. The summed E-state index contributed by atoms with van der Waals surface area (Å²) in [6.45, 7) is 10.2. The molecule has 4 nitrogen and oxygen atoms in total. The molecule has 1 aliphatic heterocycles. The van der Waals surface area contributed by atoms with Crippen LogP contribution in [0.2, 0.25) is 0 Å². The van der Waals surface area contributed by atoms with Crippen LogP contribution in [0.3, 0.4) is 0 Å². The van der Waals surface area contributed by atoms with E-state index in [-0.39, 0.29) is 0 Å². The van der Waals surface area contributed by atoms with Gasteiger partial charge >= 0.3 is 0 Å². The fourth-order valence-corrected chi connectivity index (χ4v) is 2.18. The summed E-state index contributed by atoms with van der Waals surface area (Å²) in [6, 6.07) is 0. The van der Waals surface area contributed by atoms with Crippen molar-refractivity contribution in [2.24, 2.45) is 0 Å². The van der Waals surface area contributed by atoms with Crippen molar-refractivity contribution in [3.8, 4) is 0 Å². The van der Waals surface area contributed by atoms with Crippen molar-refractivity contribution in [1.82, 2.24) is 0 Å². The molecule has 0 saturated carbocycles. The summed E-state index contributed by atoms with van der Waals surface area (Å²) in [7, 11) is 0. The van der Waals surface area contributed by atoms with Crippen molar-refractivity contribution in [2.45, 2.75) is 33.1 Å². The Bertz CT molecular complexity index is 183. The zero-order valence-corrected chi connectivity index (χ0v) is 9.87. The first-order chi connectivity index (χ1) is 7.24. The summed E-state index contributed by atoms with van der Waals surface area (Å²) >= 11 is 0. The van der Waals surface area contributed by atoms with Gasteiger partial charge in [-0.05, 0) is 19.4 Å². The zero-order chi connectivity index (χ0) is 11.6. The summed E-state index contributed by atoms with van der Waals surface area (Å²) < 4.78 is 6.77. The first kappa shape index (κ1) is 14.3. The van der Waals surface area contributed by atoms with Crippen molar-refractivity contribution < 1.29 is 14.0 Å². The highest BCUT2D eigenvalue weighted by Gasteiger charge is 2.30. The Balaban J connectivity index is 0.000000583. The van der Waals surface area contributed by atoms with Crippen LogP contribution >= 0.6 is 0 Å². The van der Waals surface area contributed by atoms with Crippen molar-refractivity contribution in [1.29, 1.82) is 0 Å². The highest BCUT2D eigenvalue weighted by Crippen LogP contribution is 2.19. The first-order valence-electron chi connectivity index (χ1n) is 5.68. The van der Waals surface area contributed by atoms with E-state index in [4.69, 9.17) is 14.9 Å². The molecule has 1 fully saturated rings. The lowest BCUT2D eigenvalue weighted by Crippen LogP contribution is -2.47. The average Bonchev–Trinajstić information content (AvgIpc) is 2.66. The molecule has 0 spiro atoms. The van der Waals surface area contributed by atoms with Crippen LogP contribution in [0.5, 0.6) is 0 Å². The molecule has 88 valence electrons.